The van der Waals surface area contributed by atoms with Crippen LogP contribution >= 0.6 is 0 Å². The molecule has 0 radical (unpaired) electrons. The van der Waals surface area contributed by atoms with Crippen molar-refractivity contribution >= 4 is 15.9 Å². The molecule has 152 valence electrons. The van der Waals surface area contributed by atoms with Crippen LogP contribution in [0, 0.1) is 19.7 Å². The van der Waals surface area contributed by atoms with Gasteiger partial charge in [0.2, 0.25) is 15.9 Å². The third-order valence-corrected chi connectivity index (χ3v) is 7.27. The van der Waals surface area contributed by atoms with E-state index in [1.807, 2.05) is 0 Å². The maximum atomic E-state index is 13.1. The molecule has 0 aliphatic carbocycles. The minimum absolute atomic E-state index is 0.0837. The van der Waals surface area contributed by atoms with Gasteiger partial charge in [0.15, 0.2) is 0 Å². The van der Waals surface area contributed by atoms with E-state index in [2.05, 4.69) is 5.10 Å². The highest BCUT2D eigenvalue weighted by Gasteiger charge is 2.32. The van der Waals surface area contributed by atoms with Crippen LogP contribution < -0.4 is 0 Å². The summed E-state index contributed by atoms with van der Waals surface area (Å²) in [6.07, 6.45) is 0.737. The van der Waals surface area contributed by atoms with E-state index in [0.29, 0.717) is 37.4 Å². The average Bonchev–Trinajstić information content (AvgIpc) is 2.82. The van der Waals surface area contributed by atoms with Crippen LogP contribution in [0.15, 0.2) is 29.2 Å². The van der Waals surface area contributed by atoms with Crippen LogP contribution in [0.25, 0.3) is 0 Å². The zero-order chi connectivity index (χ0) is 20.5. The molecule has 0 spiro atoms. The summed E-state index contributed by atoms with van der Waals surface area (Å²) in [4.78, 5) is 14.5. The topological polar surface area (TPSA) is 75.5 Å². The van der Waals surface area contributed by atoms with Gasteiger partial charge in [-0.2, -0.15) is 9.40 Å². The molecule has 1 aliphatic heterocycles. The summed E-state index contributed by atoms with van der Waals surface area (Å²) in [7, 11) is -1.95. The summed E-state index contributed by atoms with van der Waals surface area (Å²) < 4.78 is 42.3. The number of carbonyl (C=O) groups excluding carboxylic acids is 1. The summed E-state index contributed by atoms with van der Waals surface area (Å²) >= 11 is 0. The van der Waals surface area contributed by atoms with Crippen LogP contribution in [-0.2, 0) is 28.3 Å². The van der Waals surface area contributed by atoms with Gasteiger partial charge in [0.25, 0.3) is 0 Å². The molecule has 2 heterocycles. The first-order valence-electron chi connectivity index (χ1n) is 9.22. The molecule has 1 saturated heterocycles. The summed E-state index contributed by atoms with van der Waals surface area (Å²) in [5.41, 5.74) is 1.82. The Bertz CT molecular complexity index is 970. The minimum atomic E-state index is -3.67. The van der Waals surface area contributed by atoms with Crippen molar-refractivity contribution < 1.29 is 17.6 Å². The molecule has 0 unspecified atom stereocenters. The lowest BCUT2D eigenvalue weighted by atomic mass is 10.1. The van der Waals surface area contributed by atoms with Crippen molar-refractivity contribution in [1.29, 1.82) is 0 Å². The maximum Gasteiger partial charge on any atom is 0.246 e. The first kappa shape index (κ1) is 20.5. The monoisotopic (exact) mass is 408 g/mol. The molecular formula is C19H25FN4O3S. The zero-order valence-electron chi connectivity index (χ0n) is 16.4. The number of aryl methyl sites for hydroxylation is 2. The number of aromatic nitrogens is 2. The van der Waals surface area contributed by atoms with Crippen molar-refractivity contribution in [1.82, 2.24) is 19.0 Å². The molecule has 28 heavy (non-hydrogen) atoms. The number of halogens is 1. The molecule has 0 N–H and O–H groups in total. The van der Waals surface area contributed by atoms with Gasteiger partial charge in [0.05, 0.1) is 17.8 Å². The van der Waals surface area contributed by atoms with Crippen LogP contribution in [0.3, 0.4) is 0 Å². The van der Waals surface area contributed by atoms with Crippen LogP contribution in [0.4, 0.5) is 4.39 Å². The van der Waals surface area contributed by atoms with Crippen molar-refractivity contribution in [3.63, 3.8) is 0 Å². The van der Waals surface area contributed by atoms with E-state index < -0.39 is 10.0 Å². The summed E-state index contributed by atoms with van der Waals surface area (Å²) in [5, 5.41) is 4.21. The molecule has 1 aliphatic rings. The van der Waals surface area contributed by atoms with Crippen LogP contribution in [-0.4, -0.2) is 59.5 Å². The normalized spacial score (nSPS) is 16.2. The van der Waals surface area contributed by atoms with E-state index in [1.54, 1.807) is 42.6 Å². The summed E-state index contributed by atoms with van der Waals surface area (Å²) in [5.74, 6) is -0.424. The average molecular weight is 408 g/mol. The van der Waals surface area contributed by atoms with Gasteiger partial charge in [-0.15, -0.1) is 0 Å². The lowest BCUT2D eigenvalue weighted by Gasteiger charge is -2.22. The molecule has 1 aromatic carbocycles. The fraction of sp³-hybridized carbons (Fsp3) is 0.474. The molecule has 0 bridgehead atoms. The maximum absolute atomic E-state index is 13.1. The van der Waals surface area contributed by atoms with E-state index in [9.17, 15) is 17.6 Å². The van der Waals surface area contributed by atoms with Crippen LogP contribution in [0.5, 0.6) is 0 Å². The Balaban J connectivity index is 1.70. The van der Waals surface area contributed by atoms with E-state index in [0.717, 1.165) is 5.56 Å². The van der Waals surface area contributed by atoms with Crippen molar-refractivity contribution in [3.05, 3.63) is 47.0 Å². The Morgan fingerprint density at radius 2 is 1.79 bits per heavy atom. The molecule has 2 aromatic rings. The Labute approximate surface area is 164 Å². The second-order valence-corrected chi connectivity index (χ2v) is 8.94. The highest BCUT2D eigenvalue weighted by Crippen LogP contribution is 2.24. The van der Waals surface area contributed by atoms with Crippen molar-refractivity contribution in [2.75, 3.05) is 26.2 Å². The molecule has 0 saturated carbocycles. The Hall–Kier alpha value is -2.26. The molecular weight excluding hydrogens is 383 g/mol. The molecule has 7 nitrogen and oxygen atoms in total. The van der Waals surface area contributed by atoms with Crippen molar-refractivity contribution in [2.24, 2.45) is 7.05 Å². The summed E-state index contributed by atoms with van der Waals surface area (Å²) in [6, 6.07) is 5.85. The number of rotatable bonds is 4. The summed E-state index contributed by atoms with van der Waals surface area (Å²) in [6.45, 7) is 4.86. The Morgan fingerprint density at radius 1 is 1.11 bits per heavy atom. The van der Waals surface area contributed by atoms with Crippen LogP contribution in [0.2, 0.25) is 0 Å². The number of benzene rings is 1. The lowest BCUT2D eigenvalue weighted by molar-refractivity contribution is -0.130. The van der Waals surface area contributed by atoms with Gasteiger partial charge >= 0.3 is 0 Å². The SMILES string of the molecule is Cc1nn(C)c(C)c1S(=O)(=O)N1CCCN(C(=O)Cc2ccc(F)cc2)CC1. The highest BCUT2D eigenvalue weighted by molar-refractivity contribution is 7.89. The standard InChI is InChI=1S/C19H25FN4O3S/c1-14-19(15(2)22(3)21-14)28(26,27)24-10-4-9-23(11-12-24)18(25)13-16-5-7-17(20)8-6-16/h5-8H,4,9-13H2,1-3H3. The number of nitrogens with zero attached hydrogens (tertiary/aromatic N) is 4. The Morgan fingerprint density at radius 3 is 2.39 bits per heavy atom. The molecule has 1 aromatic heterocycles. The van der Waals surface area contributed by atoms with E-state index >= 15 is 0 Å². The first-order valence-corrected chi connectivity index (χ1v) is 10.7. The first-order chi connectivity index (χ1) is 13.2. The number of hydrogen-bond donors (Lipinski definition) is 0. The minimum Gasteiger partial charge on any atom is -0.341 e. The second kappa shape index (κ2) is 8.00. The molecule has 9 heteroatoms. The number of hydrogen-bond acceptors (Lipinski definition) is 4. The van der Waals surface area contributed by atoms with E-state index in [-0.39, 0.29) is 29.6 Å². The van der Waals surface area contributed by atoms with Crippen molar-refractivity contribution in [2.45, 2.75) is 31.6 Å². The van der Waals surface area contributed by atoms with Gasteiger partial charge in [-0.25, -0.2) is 12.8 Å². The highest BCUT2D eigenvalue weighted by atomic mass is 32.2. The van der Waals surface area contributed by atoms with Gasteiger partial charge in [-0.1, -0.05) is 12.1 Å². The van der Waals surface area contributed by atoms with E-state index in [1.165, 1.54) is 16.4 Å². The number of amides is 1. The number of carbonyl (C=O) groups is 1. The third-order valence-electron chi connectivity index (χ3n) is 5.12. The van der Waals surface area contributed by atoms with E-state index in [4.69, 9.17) is 0 Å². The Kier molecular flexibility index (Phi) is 5.85. The predicted molar refractivity (Wildman–Crippen MR) is 103 cm³/mol. The second-order valence-electron chi connectivity index (χ2n) is 7.07. The third kappa shape index (κ3) is 4.10. The number of sulfonamides is 1. The molecule has 1 fully saturated rings. The zero-order valence-corrected chi connectivity index (χ0v) is 17.2. The van der Waals surface area contributed by atoms with Gasteiger partial charge < -0.3 is 4.90 Å². The largest absolute Gasteiger partial charge is 0.341 e. The molecule has 3 rings (SSSR count). The van der Waals surface area contributed by atoms with Gasteiger partial charge in [0.1, 0.15) is 10.7 Å². The van der Waals surface area contributed by atoms with Gasteiger partial charge in [-0.05, 0) is 38.0 Å². The predicted octanol–water partition coefficient (Wildman–Crippen LogP) is 1.64. The van der Waals surface area contributed by atoms with Gasteiger partial charge in [0, 0.05) is 33.2 Å². The molecule has 1 amide bonds. The van der Waals surface area contributed by atoms with Crippen molar-refractivity contribution in [3.8, 4) is 0 Å². The fourth-order valence-corrected chi connectivity index (χ4v) is 5.40. The molecule has 0 atom stereocenters. The van der Waals surface area contributed by atoms with Gasteiger partial charge in [-0.3, -0.25) is 9.48 Å². The van der Waals surface area contributed by atoms with Crippen LogP contribution in [0.1, 0.15) is 23.4 Å². The lowest BCUT2D eigenvalue weighted by Crippen LogP contribution is -2.38. The smallest absolute Gasteiger partial charge is 0.246 e. The fourth-order valence-electron chi connectivity index (χ4n) is 3.53. The quantitative estimate of drug-likeness (QED) is 0.771.